The fourth-order valence-corrected chi connectivity index (χ4v) is 0.844. The zero-order chi connectivity index (χ0) is 9.07. The van der Waals surface area contributed by atoms with Crippen molar-refractivity contribution in [3.05, 3.63) is 0 Å². The van der Waals surface area contributed by atoms with Crippen LogP contribution in [-0.2, 0) is 9.59 Å². The van der Waals surface area contributed by atoms with Crippen molar-refractivity contribution in [2.45, 2.75) is 39.2 Å². The van der Waals surface area contributed by atoms with E-state index in [-0.39, 0.29) is 12.8 Å². The first-order valence-corrected chi connectivity index (χ1v) is 3.75. The van der Waals surface area contributed by atoms with E-state index < -0.39 is 17.2 Å². The van der Waals surface area contributed by atoms with Gasteiger partial charge in [-0.25, -0.2) is 0 Å². The van der Waals surface area contributed by atoms with E-state index in [0.717, 1.165) is 0 Å². The maximum Gasteiger partial charge on any atom is 0.178 e. The molecule has 3 nitrogen and oxygen atoms in total. The van der Waals surface area contributed by atoms with Crippen LogP contribution in [0.1, 0.15) is 33.6 Å². The molecule has 0 bridgehead atoms. The molecule has 0 unspecified atom stereocenters. The fraction of sp³-hybridized carbons (Fsp3) is 0.750. The standard InChI is InChI=1S/C8H14O3/c1-4-6(9)8(3,11)7(10)5-2/h11H,4-5H2,1-3H3. The molecule has 11 heavy (non-hydrogen) atoms. The van der Waals surface area contributed by atoms with Gasteiger partial charge < -0.3 is 5.11 Å². The minimum Gasteiger partial charge on any atom is -0.375 e. The zero-order valence-corrected chi connectivity index (χ0v) is 7.18. The Labute approximate surface area is 66.4 Å². The van der Waals surface area contributed by atoms with E-state index in [1.807, 2.05) is 0 Å². The third-order valence-corrected chi connectivity index (χ3v) is 1.73. The molecule has 0 heterocycles. The molecule has 0 aliphatic carbocycles. The van der Waals surface area contributed by atoms with E-state index in [2.05, 4.69) is 0 Å². The largest absolute Gasteiger partial charge is 0.375 e. The first-order valence-electron chi connectivity index (χ1n) is 3.75. The van der Waals surface area contributed by atoms with Crippen molar-refractivity contribution in [1.82, 2.24) is 0 Å². The number of aliphatic hydroxyl groups is 1. The van der Waals surface area contributed by atoms with E-state index >= 15 is 0 Å². The average Bonchev–Trinajstić information content (AvgIpc) is 2.01. The normalized spacial score (nSPS) is 11.3. The molecule has 3 heteroatoms. The number of hydrogen-bond donors (Lipinski definition) is 1. The van der Waals surface area contributed by atoms with Crippen molar-refractivity contribution in [1.29, 1.82) is 0 Å². The lowest BCUT2D eigenvalue weighted by atomic mass is 9.92. The molecule has 0 aliphatic heterocycles. The summed E-state index contributed by atoms with van der Waals surface area (Å²) in [6, 6.07) is 0. The van der Waals surface area contributed by atoms with Crippen LogP contribution in [0.5, 0.6) is 0 Å². The summed E-state index contributed by atoms with van der Waals surface area (Å²) in [6.45, 7) is 4.50. The van der Waals surface area contributed by atoms with Gasteiger partial charge in [-0.05, 0) is 6.92 Å². The summed E-state index contributed by atoms with van der Waals surface area (Å²) in [5, 5.41) is 9.35. The van der Waals surface area contributed by atoms with Gasteiger partial charge >= 0.3 is 0 Å². The topological polar surface area (TPSA) is 54.4 Å². The van der Waals surface area contributed by atoms with Crippen LogP contribution in [0.2, 0.25) is 0 Å². The van der Waals surface area contributed by atoms with Crippen LogP contribution in [-0.4, -0.2) is 22.3 Å². The van der Waals surface area contributed by atoms with Crippen molar-refractivity contribution in [2.75, 3.05) is 0 Å². The molecular formula is C8H14O3. The summed E-state index contributed by atoms with van der Waals surface area (Å²) < 4.78 is 0. The van der Waals surface area contributed by atoms with E-state index in [1.165, 1.54) is 6.92 Å². The minimum atomic E-state index is -1.76. The predicted octanol–water partition coefficient (Wildman–Crippen LogP) is 0.696. The Morgan fingerprint density at radius 2 is 1.45 bits per heavy atom. The van der Waals surface area contributed by atoms with Gasteiger partial charge in [0.05, 0.1) is 0 Å². The summed E-state index contributed by atoms with van der Waals surface area (Å²) in [5.74, 6) is -0.825. The Morgan fingerprint density at radius 3 is 1.64 bits per heavy atom. The van der Waals surface area contributed by atoms with Gasteiger partial charge in [0.15, 0.2) is 17.2 Å². The van der Waals surface area contributed by atoms with Gasteiger partial charge in [0.2, 0.25) is 0 Å². The lowest BCUT2D eigenvalue weighted by Crippen LogP contribution is -2.42. The van der Waals surface area contributed by atoms with E-state index in [0.29, 0.717) is 0 Å². The second kappa shape index (κ2) is 3.62. The van der Waals surface area contributed by atoms with Crippen molar-refractivity contribution < 1.29 is 14.7 Å². The second-order valence-corrected chi connectivity index (χ2v) is 2.63. The molecule has 0 amide bonds. The van der Waals surface area contributed by atoms with Crippen molar-refractivity contribution in [2.24, 2.45) is 0 Å². The first kappa shape index (κ1) is 10.3. The Hall–Kier alpha value is -0.700. The molecule has 1 N–H and O–H groups in total. The quantitative estimate of drug-likeness (QED) is 0.612. The van der Waals surface area contributed by atoms with Crippen LogP contribution in [0.25, 0.3) is 0 Å². The smallest absolute Gasteiger partial charge is 0.178 e. The molecule has 0 saturated carbocycles. The van der Waals surface area contributed by atoms with E-state index in [9.17, 15) is 14.7 Å². The summed E-state index contributed by atoms with van der Waals surface area (Å²) in [5.41, 5.74) is -1.76. The maximum atomic E-state index is 11.0. The van der Waals surface area contributed by atoms with Crippen LogP contribution >= 0.6 is 0 Å². The number of ketones is 2. The molecule has 0 atom stereocenters. The average molecular weight is 158 g/mol. The van der Waals surface area contributed by atoms with Gasteiger partial charge in [-0.2, -0.15) is 0 Å². The molecular weight excluding hydrogens is 144 g/mol. The van der Waals surface area contributed by atoms with E-state index in [1.54, 1.807) is 13.8 Å². The predicted molar refractivity (Wildman–Crippen MR) is 41.2 cm³/mol. The fourth-order valence-electron chi connectivity index (χ4n) is 0.844. The van der Waals surface area contributed by atoms with Crippen molar-refractivity contribution in [3.63, 3.8) is 0 Å². The highest BCUT2D eigenvalue weighted by Crippen LogP contribution is 2.10. The van der Waals surface area contributed by atoms with Gasteiger partial charge in [0.1, 0.15) is 0 Å². The number of hydrogen-bond acceptors (Lipinski definition) is 3. The number of carbonyl (C=O) groups is 2. The van der Waals surface area contributed by atoms with Gasteiger partial charge in [0.25, 0.3) is 0 Å². The van der Waals surface area contributed by atoms with Crippen LogP contribution < -0.4 is 0 Å². The van der Waals surface area contributed by atoms with Crippen molar-refractivity contribution >= 4 is 11.6 Å². The summed E-state index contributed by atoms with van der Waals surface area (Å²) in [6.07, 6.45) is 0.386. The lowest BCUT2D eigenvalue weighted by molar-refractivity contribution is -0.148. The highest BCUT2D eigenvalue weighted by atomic mass is 16.3. The van der Waals surface area contributed by atoms with Crippen LogP contribution in [0.3, 0.4) is 0 Å². The molecule has 0 rings (SSSR count). The van der Waals surface area contributed by atoms with Crippen molar-refractivity contribution in [3.8, 4) is 0 Å². The molecule has 0 spiro atoms. The summed E-state index contributed by atoms with van der Waals surface area (Å²) in [7, 11) is 0. The van der Waals surface area contributed by atoms with Gasteiger partial charge in [-0.1, -0.05) is 13.8 Å². The third kappa shape index (κ3) is 2.12. The minimum absolute atomic E-state index is 0.193. The molecule has 0 aromatic rings. The van der Waals surface area contributed by atoms with Gasteiger partial charge in [-0.15, -0.1) is 0 Å². The number of carbonyl (C=O) groups excluding carboxylic acids is 2. The highest BCUT2D eigenvalue weighted by Gasteiger charge is 2.35. The molecule has 0 aliphatic rings. The van der Waals surface area contributed by atoms with E-state index in [4.69, 9.17) is 0 Å². The first-order chi connectivity index (χ1) is 4.96. The van der Waals surface area contributed by atoms with Gasteiger partial charge in [0, 0.05) is 12.8 Å². The Kier molecular flexibility index (Phi) is 3.39. The lowest BCUT2D eigenvalue weighted by Gasteiger charge is -2.18. The molecule has 0 saturated heterocycles. The number of rotatable bonds is 4. The van der Waals surface area contributed by atoms with Crippen LogP contribution in [0.15, 0.2) is 0 Å². The summed E-state index contributed by atoms with van der Waals surface area (Å²) in [4.78, 5) is 21.9. The molecule has 0 fully saturated rings. The third-order valence-electron chi connectivity index (χ3n) is 1.73. The molecule has 64 valence electrons. The second-order valence-electron chi connectivity index (χ2n) is 2.63. The van der Waals surface area contributed by atoms with Gasteiger partial charge in [-0.3, -0.25) is 9.59 Å². The molecule has 0 aromatic carbocycles. The summed E-state index contributed by atoms with van der Waals surface area (Å²) >= 11 is 0. The Bertz CT molecular complexity index is 152. The monoisotopic (exact) mass is 158 g/mol. The molecule has 0 aromatic heterocycles. The zero-order valence-electron chi connectivity index (χ0n) is 7.18. The van der Waals surface area contributed by atoms with Crippen LogP contribution in [0, 0.1) is 0 Å². The Balaban J connectivity index is 4.44. The SMILES string of the molecule is CCC(=O)C(C)(O)C(=O)CC. The van der Waals surface area contributed by atoms with Crippen LogP contribution in [0.4, 0.5) is 0 Å². The Morgan fingerprint density at radius 1 is 1.18 bits per heavy atom. The number of Topliss-reactive ketones (excluding diaryl/α,β-unsaturated/α-hetero) is 2. The maximum absolute atomic E-state index is 11.0. The highest BCUT2D eigenvalue weighted by molar-refractivity contribution is 6.09. The molecule has 0 radical (unpaired) electrons.